The number of methoxy groups -OCH3 is 1. The average molecular weight is 364 g/mol. The van der Waals surface area contributed by atoms with Crippen LogP contribution in [-0.4, -0.2) is 25.6 Å². The summed E-state index contributed by atoms with van der Waals surface area (Å²) in [6.45, 7) is 1.71. The van der Waals surface area contributed by atoms with Crippen LogP contribution in [0, 0.1) is 18.3 Å². The fraction of sp³-hybridized carbons (Fsp3) is 0.190. The highest BCUT2D eigenvalue weighted by Gasteiger charge is 2.13. The highest BCUT2D eigenvalue weighted by atomic mass is 16.5. The summed E-state index contributed by atoms with van der Waals surface area (Å²) in [5.41, 5.74) is 2.41. The Balaban J connectivity index is 1.88. The number of ether oxygens (including phenoxy) is 2. The number of nitriles is 1. The molecule has 2 aromatic carbocycles. The number of benzene rings is 2. The molecular weight excluding hydrogens is 344 g/mol. The number of rotatable bonds is 7. The quantitative estimate of drug-likeness (QED) is 0.464. The first-order chi connectivity index (χ1) is 13.0. The Hall–Kier alpha value is -3.59. The van der Waals surface area contributed by atoms with Gasteiger partial charge in [-0.2, -0.15) is 5.26 Å². The van der Waals surface area contributed by atoms with Gasteiger partial charge in [0.1, 0.15) is 17.4 Å². The third kappa shape index (κ3) is 6.01. The summed E-state index contributed by atoms with van der Waals surface area (Å²) in [6, 6.07) is 16.4. The van der Waals surface area contributed by atoms with Crippen LogP contribution in [0.25, 0.3) is 6.08 Å². The van der Waals surface area contributed by atoms with Crippen LogP contribution in [-0.2, 0) is 20.9 Å². The predicted molar refractivity (Wildman–Crippen MR) is 101 cm³/mol. The molecule has 0 aromatic heterocycles. The van der Waals surface area contributed by atoms with Gasteiger partial charge in [-0.25, -0.2) is 4.79 Å². The number of aryl methyl sites for hydroxylation is 1. The van der Waals surface area contributed by atoms with E-state index < -0.39 is 18.5 Å². The van der Waals surface area contributed by atoms with Gasteiger partial charge in [0.2, 0.25) is 0 Å². The minimum Gasteiger partial charge on any atom is -0.496 e. The molecule has 0 radical (unpaired) electrons. The molecule has 0 unspecified atom stereocenters. The Labute approximate surface area is 158 Å². The molecule has 138 valence electrons. The van der Waals surface area contributed by atoms with E-state index in [1.807, 2.05) is 37.3 Å². The molecular formula is C21H20N2O4. The highest BCUT2D eigenvalue weighted by Crippen LogP contribution is 2.16. The van der Waals surface area contributed by atoms with E-state index in [0.29, 0.717) is 11.3 Å². The summed E-state index contributed by atoms with van der Waals surface area (Å²) < 4.78 is 10.1. The van der Waals surface area contributed by atoms with Crippen molar-refractivity contribution in [2.75, 3.05) is 13.7 Å². The monoisotopic (exact) mass is 364 g/mol. The van der Waals surface area contributed by atoms with Crippen LogP contribution >= 0.6 is 0 Å². The Kier molecular flexibility index (Phi) is 7.15. The van der Waals surface area contributed by atoms with E-state index in [9.17, 15) is 9.59 Å². The predicted octanol–water partition coefficient (Wildman–Crippen LogP) is 2.77. The summed E-state index contributed by atoms with van der Waals surface area (Å²) in [5, 5.41) is 11.8. The summed E-state index contributed by atoms with van der Waals surface area (Å²) in [5.74, 6) is -0.657. The van der Waals surface area contributed by atoms with E-state index in [2.05, 4.69) is 5.32 Å². The molecule has 0 aliphatic rings. The van der Waals surface area contributed by atoms with Crippen LogP contribution in [0.2, 0.25) is 0 Å². The number of esters is 1. The number of carbonyl (C=O) groups excluding carboxylic acids is 2. The van der Waals surface area contributed by atoms with Crippen molar-refractivity contribution in [3.63, 3.8) is 0 Å². The van der Waals surface area contributed by atoms with Crippen molar-refractivity contribution in [2.45, 2.75) is 13.5 Å². The molecule has 0 spiro atoms. The zero-order valence-electron chi connectivity index (χ0n) is 15.2. The van der Waals surface area contributed by atoms with Gasteiger partial charge in [0, 0.05) is 12.1 Å². The molecule has 0 bridgehead atoms. The van der Waals surface area contributed by atoms with Gasteiger partial charge in [-0.15, -0.1) is 0 Å². The minimum atomic E-state index is -0.842. The smallest absolute Gasteiger partial charge is 0.349 e. The van der Waals surface area contributed by atoms with Crippen molar-refractivity contribution >= 4 is 18.0 Å². The third-order valence-corrected chi connectivity index (χ3v) is 3.73. The number of amides is 1. The molecule has 0 fully saturated rings. The molecule has 27 heavy (non-hydrogen) atoms. The standard InChI is InChI=1S/C21H20N2O4/c1-15-7-9-16(10-8-15)11-18(12-22)21(25)27-14-20(24)23-13-17-5-3-4-6-19(17)26-2/h3-11H,13-14H2,1-2H3,(H,23,24)/b18-11+. The van der Waals surface area contributed by atoms with Crippen molar-refractivity contribution in [1.29, 1.82) is 5.26 Å². The molecule has 2 aromatic rings. The second-order valence-electron chi connectivity index (χ2n) is 5.75. The van der Waals surface area contributed by atoms with Crippen LogP contribution in [0.3, 0.4) is 0 Å². The first-order valence-electron chi connectivity index (χ1n) is 8.27. The second kappa shape index (κ2) is 9.78. The maximum absolute atomic E-state index is 12.0. The van der Waals surface area contributed by atoms with Gasteiger partial charge in [0.05, 0.1) is 7.11 Å². The molecule has 6 heteroatoms. The van der Waals surface area contributed by atoms with Crippen LogP contribution < -0.4 is 10.1 Å². The van der Waals surface area contributed by atoms with Crippen LogP contribution in [0.4, 0.5) is 0 Å². The zero-order valence-corrected chi connectivity index (χ0v) is 15.2. The van der Waals surface area contributed by atoms with Gasteiger partial charge in [0.15, 0.2) is 6.61 Å². The summed E-state index contributed by atoms with van der Waals surface area (Å²) in [7, 11) is 1.55. The Morgan fingerprint density at radius 3 is 2.52 bits per heavy atom. The fourth-order valence-electron chi connectivity index (χ4n) is 2.27. The van der Waals surface area contributed by atoms with E-state index in [4.69, 9.17) is 14.7 Å². The number of hydrogen-bond acceptors (Lipinski definition) is 5. The number of nitrogens with zero attached hydrogens (tertiary/aromatic N) is 1. The maximum atomic E-state index is 12.0. The summed E-state index contributed by atoms with van der Waals surface area (Å²) in [6.07, 6.45) is 1.43. The minimum absolute atomic E-state index is 0.170. The highest BCUT2D eigenvalue weighted by molar-refractivity contribution is 5.98. The number of hydrogen-bond donors (Lipinski definition) is 1. The van der Waals surface area contributed by atoms with Gasteiger partial charge in [-0.05, 0) is 24.6 Å². The normalized spacial score (nSPS) is 10.6. The molecule has 0 aliphatic heterocycles. The van der Waals surface area contributed by atoms with Crippen LogP contribution in [0.15, 0.2) is 54.1 Å². The van der Waals surface area contributed by atoms with E-state index >= 15 is 0 Å². The lowest BCUT2D eigenvalue weighted by Crippen LogP contribution is -2.28. The SMILES string of the molecule is COc1ccccc1CNC(=O)COC(=O)/C(C#N)=C/c1ccc(C)cc1. The van der Waals surface area contributed by atoms with Gasteiger partial charge < -0.3 is 14.8 Å². The van der Waals surface area contributed by atoms with Crippen molar-refractivity contribution in [2.24, 2.45) is 0 Å². The Morgan fingerprint density at radius 2 is 1.85 bits per heavy atom. The molecule has 0 saturated heterocycles. The molecule has 0 heterocycles. The van der Waals surface area contributed by atoms with Crippen molar-refractivity contribution in [3.8, 4) is 11.8 Å². The van der Waals surface area contributed by atoms with Crippen molar-refractivity contribution in [1.82, 2.24) is 5.32 Å². The first-order valence-corrected chi connectivity index (χ1v) is 8.27. The van der Waals surface area contributed by atoms with Gasteiger partial charge >= 0.3 is 5.97 Å². The molecule has 0 atom stereocenters. The lowest BCUT2D eigenvalue weighted by molar-refractivity contribution is -0.144. The van der Waals surface area contributed by atoms with Gasteiger partial charge in [-0.1, -0.05) is 48.0 Å². The molecule has 2 rings (SSSR count). The number of nitrogens with one attached hydrogen (secondary N) is 1. The zero-order chi connectivity index (χ0) is 19.6. The topological polar surface area (TPSA) is 88.4 Å². The Morgan fingerprint density at radius 1 is 1.15 bits per heavy atom. The first kappa shape index (κ1) is 19.7. The summed E-state index contributed by atoms with van der Waals surface area (Å²) >= 11 is 0. The van der Waals surface area contributed by atoms with Gasteiger partial charge in [0.25, 0.3) is 5.91 Å². The maximum Gasteiger partial charge on any atom is 0.349 e. The molecule has 1 N–H and O–H groups in total. The molecule has 0 saturated carbocycles. The van der Waals surface area contributed by atoms with E-state index in [1.54, 1.807) is 31.4 Å². The molecule has 0 aliphatic carbocycles. The Bertz CT molecular complexity index is 880. The van der Waals surface area contributed by atoms with E-state index in [0.717, 1.165) is 11.1 Å². The molecule has 6 nitrogen and oxygen atoms in total. The largest absolute Gasteiger partial charge is 0.496 e. The second-order valence-corrected chi connectivity index (χ2v) is 5.75. The number of para-hydroxylation sites is 1. The van der Waals surface area contributed by atoms with E-state index in [1.165, 1.54) is 6.08 Å². The average Bonchev–Trinajstić information content (AvgIpc) is 2.70. The molecule has 1 amide bonds. The van der Waals surface area contributed by atoms with E-state index in [-0.39, 0.29) is 12.1 Å². The van der Waals surface area contributed by atoms with Crippen molar-refractivity contribution < 1.29 is 19.1 Å². The lowest BCUT2D eigenvalue weighted by Gasteiger charge is -2.09. The number of carbonyl (C=O) groups is 2. The van der Waals surface area contributed by atoms with Crippen molar-refractivity contribution in [3.05, 3.63) is 70.8 Å². The van der Waals surface area contributed by atoms with Crippen LogP contribution in [0.1, 0.15) is 16.7 Å². The van der Waals surface area contributed by atoms with Crippen LogP contribution in [0.5, 0.6) is 5.75 Å². The fourth-order valence-corrected chi connectivity index (χ4v) is 2.27. The third-order valence-electron chi connectivity index (χ3n) is 3.73. The van der Waals surface area contributed by atoms with Gasteiger partial charge in [-0.3, -0.25) is 4.79 Å². The summed E-state index contributed by atoms with van der Waals surface area (Å²) in [4.78, 5) is 23.9. The lowest BCUT2D eigenvalue weighted by atomic mass is 10.1.